The zero-order valence-electron chi connectivity index (χ0n) is 14.6. The molecule has 3 aromatic carbocycles. The number of carbonyl (C=O) groups excluding carboxylic acids is 2. The first-order valence-corrected chi connectivity index (χ1v) is 8.47. The second-order valence-electron chi connectivity index (χ2n) is 6.36. The van der Waals surface area contributed by atoms with Crippen molar-refractivity contribution in [1.29, 1.82) is 0 Å². The van der Waals surface area contributed by atoms with Gasteiger partial charge in [0.05, 0.1) is 22.6 Å². The van der Waals surface area contributed by atoms with Crippen molar-refractivity contribution in [3.05, 3.63) is 88.5 Å². The van der Waals surface area contributed by atoms with E-state index in [1.54, 1.807) is 36.4 Å². The highest BCUT2D eigenvalue weighted by atomic mass is 16.1. The highest BCUT2D eigenvalue weighted by molar-refractivity contribution is 6.30. The largest absolute Gasteiger partial charge is 0.386 e. The molecule has 128 valence electrons. The Labute approximate surface area is 151 Å². The average molecular weight is 342 g/mol. The first-order chi connectivity index (χ1) is 12.6. The van der Waals surface area contributed by atoms with Gasteiger partial charge in [-0.1, -0.05) is 42.5 Å². The summed E-state index contributed by atoms with van der Waals surface area (Å²) in [6, 6.07) is 18.3. The standard InChI is InChI=1S/C22H18N2O2/c1-13-10-11-17(19(12-13)23-2)24-18-9-5-8-16-20(18)22(26)15-7-4-3-6-14(15)21(16)25/h3-12,23-24H,1-2H3. The highest BCUT2D eigenvalue weighted by Gasteiger charge is 2.31. The Morgan fingerprint density at radius 2 is 1.38 bits per heavy atom. The van der Waals surface area contributed by atoms with E-state index in [-0.39, 0.29) is 11.6 Å². The zero-order valence-corrected chi connectivity index (χ0v) is 14.6. The molecule has 0 radical (unpaired) electrons. The predicted molar refractivity (Wildman–Crippen MR) is 104 cm³/mol. The van der Waals surface area contributed by atoms with Crippen LogP contribution in [0.5, 0.6) is 0 Å². The minimum absolute atomic E-state index is 0.114. The Balaban J connectivity index is 1.84. The fourth-order valence-electron chi connectivity index (χ4n) is 3.37. The van der Waals surface area contributed by atoms with E-state index < -0.39 is 0 Å². The SMILES string of the molecule is CNc1cc(C)ccc1Nc1cccc2c1C(=O)c1ccccc1C2=O. The maximum Gasteiger partial charge on any atom is 0.196 e. The molecule has 0 spiro atoms. The molecule has 0 aliphatic heterocycles. The summed E-state index contributed by atoms with van der Waals surface area (Å²) in [4.78, 5) is 25.9. The molecule has 0 bridgehead atoms. The van der Waals surface area contributed by atoms with E-state index in [1.807, 2.05) is 38.2 Å². The summed E-state index contributed by atoms with van der Waals surface area (Å²) in [5.41, 5.74) is 5.34. The number of nitrogens with one attached hydrogen (secondary N) is 2. The molecule has 3 aromatic rings. The molecule has 26 heavy (non-hydrogen) atoms. The fraction of sp³-hybridized carbons (Fsp3) is 0.0909. The minimum atomic E-state index is -0.128. The summed E-state index contributed by atoms with van der Waals surface area (Å²) in [6.45, 7) is 2.02. The van der Waals surface area contributed by atoms with E-state index >= 15 is 0 Å². The summed E-state index contributed by atoms with van der Waals surface area (Å²) < 4.78 is 0. The number of hydrogen-bond acceptors (Lipinski definition) is 4. The van der Waals surface area contributed by atoms with Gasteiger partial charge in [-0.3, -0.25) is 9.59 Å². The minimum Gasteiger partial charge on any atom is -0.386 e. The number of fused-ring (bicyclic) bond motifs is 2. The lowest BCUT2D eigenvalue weighted by molar-refractivity contribution is 0.0979. The van der Waals surface area contributed by atoms with Crippen LogP contribution in [0.1, 0.15) is 37.4 Å². The lowest BCUT2D eigenvalue weighted by Crippen LogP contribution is -2.22. The van der Waals surface area contributed by atoms with Crippen LogP contribution in [0.4, 0.5) is 17.1 Å². The smallest absolute Gasteiger partial charge is 0.196 e. The van der Waals surface area contributed by atoms with Gasteiger partial charge in [0.25, 0.3) is 0 Å². The van der Waals surface area contributed by atoms with Gasteiger partial charge in [-0.2, -0.15) is 0 Å². The molecular weight excluding hydrogens is 324 g/mol. The normalized spacial score (nSPS) is 12.4. The number of anilines is 3. The summed E-state index contributed by atoms with van der Waals surface area (Å²) in [6.07, 6.45) is 0. The Kier molecular flexibility index (Phi) is 3.81. The highest BCUT2D eigenvalue weighted by Crippen LogP contribution is 2.35. The first kappa shape index (κ1) is 16.1. The molecule has 1 aliphatic carbocycles. The molecule has 4 nitrogen and oxygen atoms in total. The van der Waals surface area contributed by atoms with Gasteiger partial charge >= 0.3 is 0 Å². The van der Waals surface area contributed by atoms with E-state index in [2.05, 4.69) is 10.6 Å². The van der Waals surface area contributed by atoms with Gasteiger partial charge in [0.15, 0.2) is 11.6 Å². The number of ketones is 2. The molecule has 4 heteroatoms. The van der Waals surface area contributed by atoms with Crippen molar-refractivity contribution in [1.82, 2.24) is 0 Å². The van der Waals surface area contributed by atoms with Crippen molar-refractivity contribution in [2.45, 2.75) is 6.92 Å². The van der Waals surface area contributed by atoms with E-state index in [0.717, 1.165) is 16.9 Å². The molecule has 0 unspecified atom stereocenters. The Bertz CT molecular complexity index is 1050. The number of benzene rings is 3. The van der Waals surface area contributed by atoms with Crippen LogP contribution in [-0.2, 0) is 0 Å². The third kappa shape index (κ3) is 2.47. The van der Waals surface area contributed by atoms with Crippen molar-refractivity contribution in [3.63, 3.8) is 0 Å². The summed E-state index contributed by atoms with van der Waals surface area (Å²) in [5, 5.41) is 6.48. The Morgan fingerprint density at radius 3 is 2.12 bits per heavy atom. The Morgan fingerprint density at radius 1 is 0.692 bits per heavy atom. The molecule has 0 heterocycles. The topological polar surface area (TPSA) is 58.2 Å². The summed E-state index contributed by atoms with van der Waals surface area (Å²) in [5.74, 6) is -0.243. The van der Waals surface area contributed by atoms with Gasteiger partial charge in [0, 0.05) is 23.7 Å². The molecule has 2 N–H and O–H groups in total. The van der Waals surface area contributed by atoms with Crippen LogP contribution >= 0.6 is 0 Å². The lowest BCUT2D eigenvalue weighted by Gasteiger charge is -2.21. The molecule has 0 saturated carbocycles. The molecule has 0 saturated heterocycles. The van der Waals surface area contributed by atoms with Gasteiger partial charge in [-0.25, -0.2) is 0 Å². The van der Waals surface area contributed by atoms with Crippen molar-refractivity contribution in [3.8, 4) is 0 Å². The molecule has 4 rings (SSSR count). The van der Waals surface area contributed by atoms with Crippen molar-refractivity contribution in [2.75, 3.05) is 17.7 Å². The van der Waals surface area contributed by atoms with Crippen LogP contribution < -0.4 is 10.6 Å². The van der Waals surface area contributed by atoms with Gasteiger partial charge in [-0.05, 0) is 30.7 Å². The third-order valence-electron chi connectivity index (χ3n) is 4.67. The van der Waals surface area contributed by atoms with E-state index in [0.29, 0.717) is 27.9 Å². The van der Waals surface area contributed by atoms with Crippen LogP contribution in [-0.4, -0.2) is 18.6 Å². The van der Waals surface area contributed by atoms with E-state index in [9.17, 15) is 9.59 Å². The molecule has 1 aliphatic rings. The number of carbonyl (C=O) groups is 2. The van der Waals surface area contributed by atoms with Crippen LogP contribution in [0.25, 0.3) is 0 Å². The van der Waals surface area contributed by atoms with E-state index in [4.69, 9.17) is 0 Å². The second-order valence-corrected chi connectivity index (χ2v) is 6.36. The predicted octanol–water partition coefficient (Wildman–Crippen LogP) is 4.56. The van der Waals surface area contributed by atoms with Gasteiger partial charge in [-0.15, -0.1) is 0 Å². The monoisotopic (exact) mass is 342 g/mol. The van der Waals surface area contributed by atoms with Gasteiger partial charge in [0.1, 0.15) is 0 Å². The van der Waals surface area contributed by atoms with Gasteiger partial charge in [0.2, 0.25) is 0 Å². The average Bonchev–Trinajstić information content (AvgIpc) is 2.67. The van der Waals surface area contributed by atoms with Crippen LogP contribution in [0.2, 0.25) is 0 Å². The third-order valence-corrected chi connectivity index (χ3v) is 4.67. The number of rotatable bonds is 3. The zero-order chi connectivity index (χ0) is 18.3. The van der Waals surface area contributed by atoms with Crippen LogP contribution in [0, 0.1) is 6.92 Å². The van der Waals surface area contributed by atoms with Crippen molar-refractivity contribution >= 4 is 28.6 Å². The maximum absolute atomic E-state index is 13.1. The summed E-state index contributed by atoms with van der Waals surface area (Å²) >= 11 is 0. The van der Waals surface area contributed by atoms with Crippen LogP contribution in [0.3, 0.4) is 0 Å². The molecule has 0 atom stereocenters. The number of hydrogen-bond donors (Lipinski definition) is 2. The molecule has 0 aromatic heterocycles. The molecular formula is C22H18N2O2. The lowest BCUT2D eigenvalue weighted by atomic mass is 9.83. The summed E-state index contributed by atoms with van der Waals surface area (Å²) in [7, 11) is 1.85. The first-order valence-electron chi connectivity index (χ1n) is 8.47. The molecule has 0 amide bonds. The quantitative estimate of drug-likeness (QED) is 0.573. The Hall–Kier alpha value is -3.40. The number of aryl methyl sites for hydroxylation is 1. The fourth-order valence-corrected chi connectivity index (χ4v) is 3.37. The van der Waals surface area contributed by atoms with Gasteiger partial charge < -0.3 is 10.6 Å². The van der Waals surface area contributed by atoms with E-state index in [1.165, 1.54) is 0 Å². The van der Waals surface area contributed by atoms with Crippen molar-refractivity contribution < 1.29 is 9.59 Å². The van der Waals surface area contributed by atoms with Crippen molar-refractivity contribution in [2.24, 2.45) is 0 Å². The molecule has 0 fully saturated rings. The maximum atomic E-state index is 13.1. The second kappa shape index (κ2) is 6.15. The van der Waals surface area contributed by atoms with Crippen LogP contribution in [0.15, 0.2) is 60.7 Å².